The molecule has 7 nitrogen and oxygen atoms in total. The number of primary amides is 1. The molecule has 0 aliphatic heterocycles. The topological polar surface area (TPSA) is 112 Å². The van der Waals surface area contributed by atoms with E-state index in [1.54, 1.807) is 18.2 Å². The van der Waals surface area contributed by atoms with E-state index in [2.05, 4.69) is 10.2 Å². The van der Waals surface area contributed by atoms with Gasteiger partial charge in [-0.05, 0) is 31.0 Å². The maximum absolute atomic E-state index is 11.7. The third kappa shape index (κ3) is 2.58. The quantitative estimate of drug-likeness (QED) is 0.799. The Labute approximate surface area is 120 Å². The van der Waals surface area contributed by atoms with Crippen molar-refractivity contribution in [2.75, 3.05) is 4.90 Å². The van der Waals surface area contributed by atoms with Crippen LogP contribution in [0.5, 0.6) is 0 Å². The number of nitrogens with zero attached hydrogens (tertiary/aromatic N) is 2. The van der Waals surface area contributed by atoms with E-state index in [0.717, 1.165) is 18.5 Å². The van der Waals surface area contributed by atoms with Crippen LogP contribution in [0.25, 0.3) is 0 Å². The van der Waals surface area contributed by atoms with Gasteiger partial charge in [0.05, 0.1) is 11.3 Å². The van der Waals surface area contributed by atoms with Crippen LogP contribution < -0.4 is 10.6 Å². The number of hydrogen-bond acceptors (Lipinski definition) is 3. The lowest BCUT2D eigenvalue weighted by atomic mass is 10.2. The van der Waals surface area contributed by atoms with Crippen molar-refractivity contribution in [2.45, 2.75) is 18.8 Å². The molecule has 1 aromatic heterocycles. The molecule has 21 heavy (non-hydrogen) atoms. The molecular weight excluding hydrogens is 272 g/mol. The minimum atomic E-state index is -1.07. The van der Waals surface area contributed by atoms with Crippen molar-refractivity contribution in [3.05, 3.63) is 41.6 Å². The highest BCUT2D eigenvalue weighted by molar-refractivity contribution is 5.99. The molecule has 0 atom stereocenters. The van der Waals surface area contributed by atoms with Gasteiger partial charge >= 0.3 is 12.0 Å². The number of nitrogens with one attached hydrogen (secondary N) is 1. The van der Waals surface area contributed by atoms with Crippen molar-refractivity contribution >= 4 is 23.5 Å². The Morgan fingerprint density at radius 1 is 1.33 bits per heavy atom. The summed E-state index contributed by atoms with van der Waals surface area (Å²) < 4.78 is 0. The van der Waals surface area contributed by atoms with Crippen LogP contribution in [0.2, 0.25) is 0 Å². The number of aromatic nitrogens is 2. The van der Waals surface area contributed by atoms with Crippen LogP contribution in [0.3, 0.4) is 0 Å². The minimum absolute atomic E-state index is 0.0803. The van der Waals surface area contributed by atoms with E-state index >= 15 is 0 Å². The zero-order chi connectivity index (χ0) is 15.0. The number of anilines is 2. The first-order chi connectivity index (χ1) is 10.1. The second kappa shape index (κ2) is 4.93. The number of rotatable bonds is 4. The van der Waals surface area contributed by atoms with Crippen LogP contribution in [-0.2, 0) is 0 Å². The van der Waals surface area contributed by atoms with Gasteiger partial charge in [0.1, 0.15) is 0 Å². The van der Waals surface area contributed by atoms with Gasteiger partial charge in [0.15, 0.2) is 5.82 Å². The normalized spacial score (nSPS) is 13.9. The number of aromatic carboxylic acids is 1. The van der Waals surface area contributed by atoms with E-state index in [1.807, 2.05) is 0 Å². The summed E-state index contributed by atoms with van der Waals surface area (Å²) in [6.07, 6.45) is 2.21. The molecular formula is C14H14N4O3. The molecule has 1 aromatic carbocycles. The molecule has 2 aromatic rings. The Hall–Kier alpha value is -2.83. The molecule has 3 rings (SSSR count). The molecule has 0 bridgehead atoms. The first-order valence-corrected chi connectivity index (χ1v) is 6.54. The van der Waals surface area contributed by atoms with Gasteiger partial charge in [-0.15, -0.1) is 0 Å². The summed E-state index contributed by atoms with van der Waals surface area (Å²) >= 11 is 0. The van der Waals surface area contributed by atoms with Crippen LogP contribution in [0.1, 0.15) is 34.8 Å². The number of carboxylic acid groups (broad SMARTS) is 1. The molecule has 0 unspecified atom stereocenters. The second-order valence-corrected chi connectivity index (χ2v) is 4.98. The van der Waals surface area contributed by atoms with E-state index in [-0.39, 0.29) is 5.56 Å². The van der Waals surface area contributed by atoms with E-state index in [4.69, 9.17) is 10.8 Å². The number of H-pyrrole nitrogens is 1. The van der Waals surface area contributed by atoms with Gasteiger partial charge in [-0.25, -0.2) is 14.5 Å². The number of benzene rings is 1. The summed E-state index contributed by atoms with van der Waals surface area (Å²) in [5, 5.41) is 16.0. The van der Waals surface area contributed by atoms with Crippen LogP contribution in [0, 0.1) is 0 Å². The lowest BCUT2D eigenvalue weighted by Crippen LogP contribution is -2.31. The van der Waals surface area contributed by atoms with E-state index < -0.39 is 12.0 Å². The summed E-state index contributed by atoms with van der Waals surface area (Å²) in [4.78, 5) is 23.9. The summed E-state index contributed by atoms with van der Waals surface area (Å²) in [5.41, 5.74) is 6.83. The molecule has 2 amide bonds. The van der Waals surface area contributed by atoms with Crippen LogP contribution in [0.15, 0.2) is 30.3 Å². The average molecular weight is 286 g/mol. The zero-order valence-electron chi connectivity index (χ0n) is 11.1. The number of nitrogens with two attached hydrogens (primary N) is 1. The van der Waals surface area contributed by atoms with Crippen molar-refractivity contribution in [1.29, 1.82) is 0 Å². The van der Waals surface area contributed by atoms with Gasteiger partial charge in [0, 0.05) is 17.7 Å². The molecule has 1 saturated carbocycles. The predicted molar refractivity (Wildman–Crippen MR) is 75.7 cm³/mol. The summed E-state index contributed by atoms with van der Waals surface area (Å²) in [7, 11) is 0. The number of aromatic amines is 1. The monoisotopic (exact) mass is 286 g/mol. The highest BCUT2D eigenvalue weighted by atomic mass is 16.4. The second-order valence-electron chi connectivity index (χ2n) is 4.98. The first-order valence-electron chi connectivity index (χ1n) is 6.54. The van der Waals surface area contributed by atoms with Crippen molar-refractivity contribution in [2.24, 2.45) is 5.73 Å². The smallest absolute Gasteiger partial charge is 0.335 e. The van der Waals surface area contributed by atoms with Crippen LogP contribution in [-0.4, -0.2) is 27.3 Å². The molecule has 1 fully saturated rings. The highest BCUT2D eigenvalue weighted by Gasteiger charge is 2.27. The SMILES string of the molecule is NC(=O)N(c1cccc(C(=O)O)c1)c1cc(C2CC2)[nH]n1. The zero-order valence-corrected chi connectivity index (χ0v) is 11.1. The Balaban J connectivity index is 1.98. The van der Waals surface area contributed by atoms with Gasteiger partial charge in [-0.3, -0.25) is 5.10 Å². The Morgan fingerprint density at radius 3 is 2.71 bits per heavy atom. The number of carbonyl (C=O) groups is 2. The molecule has 0 radical (unpaired) electrons. The first kappa shape index (κ1) is 13.2. The summed E-state index contributed by atoms with van der Waals surface area (Å²) in [6.45, 7) is 0. The Morgan fingerprint density at radius 2 is 2.10 bits per heavy atom. The number of urea groups is 1. The Kier molecular flexibility index (Phi) is 3.09. The van der Waals surface area contributed by atoms with Gasteiger partial charge in [0.25, 0.3) is 0 Å². The van der Waals surface area contributed by atoms with E-state index in [0.29, 0.717) is 17.4 Å². The molecule has 1 aliphatic rings. The van der Waals surface area contributed by atoms with Crippen LogP contribution >= 0.6 is 0 Å². The predicted octanol–water partition coefficient (Wildman–Crippen LogP) is 2.20. The third-order valence-corrected chi connectivity index (χ3v) is 3.40. The van der Waals surface area contributed by atoms with E-state index in [9.17, 15) is 9.59 Å². The fraction of sp³-hybridized carbons (Fsp3) is 0.214. The molecule has 1 heterocycles. The molecule has 1 aliphatic carbocycles. The van der Waals surface area contributed by atoms with E-state index in [1.165, 1.54) is 17.0 Å². The lowest BCUT2D eigenvalue weighted by Gasteiger charge is -2.17. The summed E-state index contributed by atoms with van der Waals surface area (Å²) in [5.74, 6) is -0.236. The summed E-state index contributed by atoms with van der Waals surface area (Å²) in [6, 6.07) is 7.07. The number of carbonyl (C=O) groups excluding carboxylic acids is 1. The van der Waals surface area contributed by atoms with Gasteiger partial charge in [-0.2, -0.15) is 5.10 Å². The fourth-order valence-electron chi connectivity index (χ4n) is 2.19. The van der Waals surface area contributed by atoms with Gasteiger partial charge < -0.3 is 10.8 Å². The lowest BCUT2D eigenvalue weighted by molar-refractivity contribution is 0.0697. The maximum atomic E-state index is 11.7. The molecule has 108 valence electrons. The molecule has 7 heteroatoms. The molecule has 0 saturated heterocycles. The Bertz CT molecular complexity index is 706. The van der Waals surface area contributed by atoms with Gasteiger partial charge in [0.2, 0.25) is 0 Å². The maximum Gasteiger partial charge on any atom is 0.335 e. The minimum Gasteiger partial charge on any atom is -0.478 e. The number of hydrogen-bond donors (Lipinski definition) is 3. The third-order valence-electron chi connectivity index (χ3n) is 3.40. The van der Waals surface area contributed by atoms with Gasteiger partial charge in [-0.1, -0.05) is 6.07 Å². The number of carboxylic acids is 1. The standard InChI is InChI=1S/C14H14N4O3/c15-14(21)18(10-3-1-2-9(6-10)13(19)20)12-7-11(16-17-12)8-4-5-8/h1-3,6-8H,4-5H2,(H2,15,21)(H,16,17)(H,19,20). The van der Waals surface area contributed by atoms with Crippen molar-refractivity contribution < 1.29 is 14.7 Å². The largest absolute Gasteiger partial charge is 0.478 e. The van der Waals surface area contributed by atoms with Crippen molar-refractivity contribution in [1.82, 2.24) is 10.2 Å². The fourth-order valence-corrected chi connectivity index (χ4v) is 2.19. The van der Waals surface area contributed by atoms with Crippen molar-refractivity contribution in [3.63, 3.8) is 0 Å². The average Bonchev–Trinajstić information content (AvgIpc) is 3.19. The number of amides is 2. The molecule has 4 N–H and O–H groups in total. The highest BCUT2D eigenvalue weighted by Crippen LogP contribution is 2.40. The van der Waals surface area contributed by atoms with Crippen molar-refractivity contribution in [3.8, 4) is 0 Å². The molecule has 0 spiro atoms. The van der Waals surface area contributed by atoms with Crippen LogP contribution in [0.4, 0.5) is 16.3 Å².